The Hall–Kier alpha value is -0.810. The van der Waals surface area contributed by atoms with Crippen LogP contribution in [0.25, 0.3) is 0 Å². The van der Waals surface area contributed by atoms with Gasteiger partial charge in [-0.2, -0.15) is 0 Å². The third kappa shape index (κ3) is 7.19. The molecule has 10 heavy (non-hydrogen) atoms. The third-order valence-electron chi connectivity index (χ3n) is 0.634. The molecule has 0 spiro atoms. The van der Waals surface area contributed by atoms with Gasteiger partial charge in [0.25, 0.3) is 0 Å². The molecule has 60 valence electrons. The first-order valence-electron chi connectivity index (χ1n) is 2.46. The highest BCUT2D eigenvalue weighted by Gasteiger charge is 1.99. The summed E-state index contributed by atoms with van der Waals surface area (Å²) in [6.07, 6.45) is 0.128. The van der Waals surface area contributed by atoms with E-state index in [1.54, 1.807) is 0 Å². The Morgan fingerprint density at radius 3 is 2.20 bits per heavy atom. The predicted octanol–water partition coefficient (Wildman–Crippen LogP) is -1.05. The fourth-order valence-corrected chi connectivity index (χ4v) is 0.331. The average Bonchev–Trinajstić information content (AvgIpc) is 1.63. The number of rotatable bonds is 2. The third-order valence-corrected chi connectivity index (χ3v) is 0.634. The standard InChI is InChI=1S/C4H9N3O2.ClH/c5-2-1-3(8)7-4(6)9;/h1-2,5H2,(H3,6,7,8,9);1H. The number of primary amides is 1. The van der Waals surface area contributed by atoms with Crippen LogP contribution >= 0.6 is 12.4 Å². The van der Waals surface area contributed by atoms with E-state index in [0.717, 1.165) is 0 Å². The molecule has 5 nitrogen and oxygen atoms in total. The van der Waals surface area contributed by atoms with Crippen molar-refractivity contribution in [1.82, 2.24) is 5.32 Å². The van der Waals surface area contributed by atoms with E-state index in [1.165, 1.54) is 0 Å². The second-order valence-electron chi connectivity index (χ2n) is 1.45. The van der Waals surface area contributed by atoms with Crippen LogP contribution in [0, 0.1) is 0 Å². The van der Waals surface area contributed by atoms with Crippen LogP contribution in [0.1, 0.15) is 6.42 Å². The van der Waals surface area contributed by atoms with E-state index in [9.17, 15) is 9.59 Å². The molecular formula is C4H10ClN3O2. The Bertz CT molecular complexity index is 128. The summed E-state index contributed by atoms with van der Waals surface area (Å²) in [5, 5.41) is 1.86. The summed E-state index contributed by atoms with van der Waals surface area (Å²) in [7, 11) is 0. The number of amides is 3. The monoisotopic (exact) mass is 167 g/mol. The normalized spacial score (nSPS) is 7.70. The maximum atomic E-state index is 10.4. The summed E-state index contributed by atoms with van der Waals surface area (Å²) in [4.78, 5) is 20.3. The van der Waals surface area contributed by atoms with E-state index in [1.807, 2.05) is 5.32 Å². The Kier molecular flexibility index (Phi) is 7.53. The lowest BCUT2D eigenvalue weighted by molar-refractivity contribution is -0.119. The number of hydrogen-bond donors (Lipinski definition) is 3. The van der Waals surface area contributed by atoms with Gasteiger partial charge in [-0.3, -0.25) is 10.1 Å². The van der Waals surface area contributed by atoms with Crippen molar-refractivity contribution >= 4 is 24.3 Å². The van der Waals surface area contributed by atoms with Gasteiger partial charge in [-0.1, -0.05) is 0 Å². The zero-order valence-electron chi connectivity index (χ0n) is 5.29. The van der Waals surface area contributed by atoms with Crippen LogP contribution in [0.4, 0.5) is 4.79 Å². The van der Waals surface area contributed by atoms with Gasteiger partial charge in [0.1, 0.15) is 0 Å². The highest BCUT2D eigenvalue weighted by atomic mass is 35.5. The number of halogens is 1. The lowest BCUT2D eigenvalue weighted by Gasteiger charge is -1.95. The van der Waals surface area contributed by atoms with Gasteiger partial charge < -0.3 is 11.5 Å². The molecule has 0 aliphatic carbocycles. The first kappa shape index (κ1) is 11.9. The van der Waals surface area contributed by atoms with Crippen molar-refractivity contribution in [2.75, 3.05) is 6.54 Å². The summed E-state index contributed by atoms with van der Waals surface area (Å²) < 4.78 is 0. The van der Waals surface area contributed by atoms with Crippen molar-refractivity contribution < 1.29 is 9.59 Å². The summed E-state index contributed by atoms with van der Waals surface area (Å²) in [6.45, 7) is 0.221. The molecule has 0 saturated carbocycles. The fraction of sp³-hybridized carbons (Fsp3) is 0.500. The molecule has 0 fully saturated rings. The van der Waals surface area contributed by atoms with Crippen molar-refractivity contribution in [3.05, 3.63) is 0 Å². The molecule has 3 amide bonds. The summed E-state index contributed by atoms with van der Waals surface area (Å²) in [5.41, 5.74) is 9.60. The summed E-state index contributed by atoms with van der Waals surface area (Å²) in [5.74, 6) is -0.440. The van der Waals surface area contributed by atoms with Crippen molar-refractivity contribution in [1.29, 1.82) is 0 Å². The molecule has 0 aliphatic heterocycles. The summed E-state index contributed by atoms with van der Waals surface area (Å²) in [6, 6.07) is -0.839. The van der Waals surface area contributed by atoms with Gasteiger partial charge in [-0.15, -0.1) is 12.4 Å². The maximum Gasteiger partial charge on any atom is 0.318 e. The molecule has 0 radical (unpaired) electrons. The molecule has 0 bridgehead atoms. The van der Waals surface area contributed by atoms with Crippen LogP contribution in [0.2, 0.25) is 0 Å². The lowest BCUT2D eigenvalue weighted by atomic mass is 10.4. The number of carbonyl (C=O) groups is 2. The second-order valence-corrected chi connectivity index (χ2v) is 1.45. The molecule has 6 heteroatoms. The predicted molar refractivity (Wildman–Crippen MR) is 38.6 cm³/mol. The number of carbonyl (C=O) groups excluding carboxylic acids is 2. The number of urea groups is 1. The van der Waals surface area contributed by atoms with Crippen molar-refractivity contribution in [3.63, 3.8) is 0 Å². The number of imide groups is 1. The molecule has 0 aromatic rings. The Balaban J connectivity index is 0. The van der Waals surface area contributed by atoms with E-state index in [-0.39, 0.29) is 25.4 Å². The van der Waals surface area contributed by atoms with Crippen LogP contribution < -0.4 is 16.8 Å². The van der Waals surface area contributed by atoms with Crippen LogP contribution in [0.15, 0.2) is 0 Å². The quantitative estimate of drug-likeness (QED) is 0.490. The number of nitrogens with one attached hydrogen (secondary N) is 1. The minimum atomic E-state index is -0.839. The molecule has 0 heterocycles. The smallest absolute Gasteiger partial charge is 0.318 e. The molecule has 0 unspecified atom stereocenters. The zero-order chi connectivity index (χ0) is 7.28. The van der Waals surface area contributed by atoms with Crippen molar-refractivity contribution in [3.8, 4) is 0 Å². The van der Waals surface area contributed by atoms with E-state index in [2.05, 4.69) is 5.73 Å². The second kappa shape index (κ2) is 6.31. The topological polar surface area (TPSA) is 98.2 Å². The molecular weight excluding hydrogens is 158 g/mol. The number of nitrogens with two attached hydrogens (primary N) is 2. The minimum Gasteiger partial charge on any atom is -0.351 e. The van der Waals surface area contributed by atoms with E-state index in [0.29, 0.717) is 0 Å². The molecule has 0 rings (SSSR count). The van der Waals surface area contributed by atoms with Gasteiger partial charge in [0.2, 0.25) is 5.91 Å². The van der Waals surface area contributed by atoms with Crippen molar-refractivity contribution in [2.45, 2.75) is 6.42 Å². The lowest BCUT2D eigenvalue weighted by Crippen LogP contribution is -2.35. The molecule has 5 N–H and O–H groups in total. The van der Waals surface area contributed by atoms with Crippen LogP contribution in [-0.4, -0.2) is 18.5 Å². The Morgan fingerprint density at radius 1 is 1.40 bits per heavy atom. The molecule has 0 aliphatic rings. The minimum absolute atomic E-state index is 0. The fourth-order valence-electron chi connectivity index (χ4n) is 0.331. The van der Waals surface area contributed by atoms with Crippen LogP contribution in [0.5, 0.6) is 0 Å². The van der Waals surface area contributed by atoms with Gasteiger partial charge in [0.15, 0.2) is 0 Å². The molecule has 0 saturated heterocycles. The highest BCUT2D eigenvalue weighted by Crippen LogP contribution is 1.71. The van der Waals surface area contributed by atoms with Gasteiger partial charge >= 0.3 is 6.03 Å². The van der Waals surface area contributed by atoms with Gasteiger partial charge in [-0.05, 0) is 0 Å². The van der Waals surface area contributed by atoms with Crippen LogP contribution in [0.3, 0.4) is 0 Å². The van der Waals surface area contributed by atoms with Crippen molar-refractivity contribution in [2.24, 2.45) is 11.5 Å². The SMILES string of the molecule is Cl.NCCC(=O)NC(N)=O. The number of hydrogen-bond acceptors (Lipinski definition) is 3. The first-order chi connectivity index (χ1) is 4.16. The van der Waals surface area contributed by atoms with Gasteiger partial charge in [-0.25, -0.2) is 4.79 Å². The van der Waals surface area contributed by atoms with Gasteiger partial charge in [0, 0.05) is 13.0 Å². The molecule has 0 aromatic carbocycles. The highest BCUT2D eigenvalue weighted by molar-refractivity contribution is 5.93. The Labute approximate surface area is 64.5 Å². The molecule has 0 aromatic heterocycles. The zero-order valence-corrected chi connectivity index (χ0v) is 6.11. The van der Waals surface area contributed by atoms with E-state index < -0.39 is 11.9 Å². The van der Waals surface area contributed by atoms with Crippen LogP contribution in [-0.2, 0) is 4.79 Å². The Morgan fingerprint density at radius 2 is 1.90 bits per heavy atom. The van der Waals surface area contributed by atoms with E-state index >= 15 is 0 Å². The summed E-state index contributed by atoms with van der Waals surface area (Å²) >= 11 is 0. The maximum absolute atomic E-state index is 10.4. The largest absolute Gasteiger partial charge is 0.351 e. The average molecular weight is 168 g/mol. The molecule has 0 atom stereocenters. The van der Waals surface area contributed by atoms with Gasteiger partial charge in [0.05, 0.1) is 0 Å². The first-order valence-corrected chi connectivity index (χ1v) is 2.46. The van der Waals surface area contributed by atoms with E-state index in [4.69, 9.17) is 5.73 Å².